The van der Waals surface area contributed by atoms with E-state index in [4.69, 9.17) is 0 Å². The van der Waals surface area contributed by atoms with Gasteiger partial charge in [0.25, 0.3) is 0 Å². The van der Waals surface area contributed by atoms with E-state index in [-0.39, 0.29) is 0 Å². The van der Waals surface area contributed by atoms with E-state index in [2.05, 4.69) is 20.4 Å². The first-order valence-electron chi connectivity index (χ1n) is 9.24. The molecule has 3 saturated heterocycles. The lowest BCUT2D eigenvalue weighted by Gasteiger charge is -2.55. The van der Waals surface area contributed by atoms with Crippen LogP contribution < -0.4 is 10.6 Å². The maximum Gasteiger partial charge on any atom is 0.0120 e. The average molecular weight is 292 g/mol. The number of piperidine rings is 2. The number of nitrogens with one attached hydrogen (secondary N) is 2. The van der Waals surface area contributed by atoms with E-state index >= 15 is 0 Å². The van der Waals surface area contributed by atoms with Crippen molar-refractivity contribution in [1.82, 2.24) is 20.4 Å². The molecular formula is C17H32N4. The van der Waals surface area contributed by atoms with E-state index in [1.54, 1.807) is 0 Å². The minimum Gasteiger partial charge on any atom is -0.317 e. The van der Waals surface area contributed by atoms with Gasteiger partial charge in [-0.1, -0.05) is 0 Å². The average Bonchev–Trinajstić information content (AvgIpc) is 2.54. The first kappa shape index (κ1) is 14.4. The van der Waals surface area contributed by atoms with Gasteiger partial charge in [0.15, 0.2) is 0 Å². The summed E-state index contributed by atoms with van der Waals surface area (Å²) in [6, 6.07) is 1.78. The van der Waals surface area contributed by atoms with Crippen LogP contribution in [-0.4, -0.2) is 74.2 Å². The second kappa shape index (κ2) is 6.15. The maximum atomic E-state index is 3.52. The molecule has 0 aromatic carbocycles. The van der Waals surface area contributed by atoms with Gasteiger partial charge < -0.3 is 10.6 Å². The van der Waals surface area contributed by atoms with E-state index in [1.807, 2.05) is 0 Å². The molecular weight excluding hydrogens is 260 g/mol. The maximum absolute atomic E-state index is 3.52. The fourth-order valence-corrected chi connectivity index (χ4v) is 5.20. The Labute approximate surface area is 129 Å². The number of nitrogens with zero attached hydrogens (tertiary/aromatic N) is 2. The van der Waals surface area contributed by atoms with Gasteiger partial charge in [0.1, 0.15) is 0 Å². The van der Waals surface area contributed by atoms with Gasteiger partial charge in [0, 0.05) is 38.3 Å². The summed E-state index contributed by atoms with van der Waals surface area (Å²) in [5, 5.41) is 7.01. The van der Waals surface area contributed by atoms with E-state index in [9.17, 15) is 0 Å². The van der Waals surface area contributed by atoms with Crippen LogP contribution in [0.4, 0.5) is 0 Å². The van der Waals surface area contributed by atoms with Gasteiger partial charge in [0.05, 0.1) is 0 Å². The van der Waals surface area contributed by atoms with Gasteiger partial charge in [-0.25, -0.2) is 0 Å². The minimum absolute atomic E-state index is 0.738. The van der Waals surface area contributed by atoms with Gasteiger partial charge in [0.2, 0.25) is 0 Å². The molecule has 0 radical (unpaired) electrons. The summed E-state index contributed by atoms with van der Waals surface area (Å²) in [5.41, 5.74) is 0.738. The molecule has 4 rings (SSSR count). The van der Waals surface area contributed by atoms with Crippen LogP contribution in [0.3, 0.4) is 0 Å². The molecule has 3 heterocycles. The first-order valence-corrected chi connectivity index (χ1v) is 9.24. The zero-order valence-electron chi connectivity index (χ0n) is 13.4. The monoisotopic (exact) mass is 292 g/mol. The highest BCUT2D eigenvalue weighted by Gasteiger charge is 2.47. The van der Waals surface area contributed by atoms with Crippen molar-refractivity contribution in [3.63, 3.8) is 0 Å². The predicted molar refractivity (Wildman–Crippen MR) is 86.6 cm³/mol. The second-order valence-corrected chi connectivity index (χ2v) is 7.87. The summed E-state index contributed by atoms with van der Waals surface area (Å²) in [4.78, 5) is 5.58. The summed E-state index contributed by atoms with van der Waals surface area (Å²) in [6.07, 6.45) is 8.56. The number of hydrogen-bond donors (Lipinski definition) is 2. The molecule has 0 aromatic rings. The molecule has 1 aliphatic carbocycles. The van der Waals surface area contributed by atoms with Gasteiger partial charge >= 0.3 is 0 Å². The van der Waals surface area contributed by atoms with Crippen LogP contribution in [0, 0.1) is 5.41 Å². The van der Waals surface area contributed by atoms with Gasteiger partial charge in [-0.3, -0.25) is 9.80 Å². The van der Waals surface area contributed by atoms with Crippen LogP contribution in [0.1, 0.15) is 38.5 Å². The topological polar surface area (TPSA) is 30.5 Å². The van der Waals surface area contributed by atoms with Crippen LogP contribution in [-0.2, 0) is 0 Å². The predicted octanol–water partition coefficient (Wildman–Crippen LogP) is 0.888. The van der Waals surface area contributed by atoms with Crippen LogP contribution in [0.15, 0.2) is 0 Å². The molecule has 4 nitrogen and oxygen atoms in total. The van der Waals surface area contributed by atoms with E-state index in [0.717, 1.165) is 17.5 Å². The molecule has 0 amide bonds. The highest BCUT2D eigenvalue weighted by atomic mass is 15.3. The molecule has 3 aliphatic heterocycles. The van der Waals surface area contributed by atoms with Crippen molar-refractivity contribution in [2.45, 2.75) is 50.6 Å². The Morgan fingerprint density at radius 1 is 0.667 bits per heavy atom. The van der Waals surface area contributed by atoms with Crippen LogP contribution in [0.5, 0.6) is 0 Å². The van der Waals surface area contributed by atoms with E-state index in [1.165, 1.54) is 90.9 Å². The van der Waals surface area contributed by atoms with Gasteiger partial charge in [-0.05, 0) is 70.1 Å². The van der Waals surface area contributed by atoms with Crippen LogP contribution >= 0.6 is 0 Å². The molecule has 21 heavy (non-hydrogen) atoms. The standard InChI is InChI=1S/C17H32N4/c1-5-18-6-2-15(1)20-9-11-21(12-10-20)16-13-17(14-16)3-7-19-8-4-17/h15-16,18-19H,1-14H2. The molecule has 4 aliphatic rings. The third-order valence-electron chi connectivity index (χ3n) is 6.69. The Morgan fingerprint density at radius 2 is 1.19 bits per heavy atom. The molecule has 120 valence electrons. The Kier molecular flexibility index (Phi) is 4.23. The quantitative estimate of drug-likeness (QED) is 0.791. The molecule has 0 aromatic heterocycles. The normalized spacial score (nSPS) is 33.1. The third-order valence-corrected chi connectivity index (χ3v) is 6.69. The number of rotatable bonds is 2. The molecule has 4 fully saturated rings. The second-order valence-electron chi connectivity index (χ2n) is 7.87. The number of hydrogen-bond acceptors (Lipinski definition) is 4. The van der Waals surface area contributed by atoms with Crippen molar-refractivity contribution in [3.05, 3.63) is 0 Å². The first-order chi connectivity index (χ1) is 10.3. The molecule has 1 spiro atoms. The summed E-state index contributed by atoms with van der Waals surface area (Å²) in [6.45, 7) is 10.2. The Hall–Kier alpha value is -0.160. The molecule has 0 unspecified atom stereocenters. The summed E-state index contributed by atoms with van der Waals surface area (Å²) in [5.74, 6) is 0. The highest BCUT2D eigenvalue weighted by Crippen LogP contribution is 2.49. The van der Waals surface area contributed by atoms with Gasteiger partial charge in [-0.2, -0.15) is 0 Å². The fourth-order valence-electron chi connectivity index (χ4n) is 5.20. The zero-order chi connectivity index (χ0) is 14.1. The Morgan fingerprint density at radius 3 is 1.81 bits per heavy atom. The number of piperazine rings is 1. The Bertz CT molecular complexity index is 331. The van der Waals surface area contributed by atoms with Gasteiger partial charge in [-0.15, -0.1) is 0 Å². The smallest absolute Gasteiger partial charge is 0.0120 e. The largest absolute Gasteiger partial charge is 0.317 e. The molecule has 0 atom stereocenters. The summed E-state index contributed by atoms with van der Waals surface area (Å²) < 4.78 is 0. The van der Waals surface area contributed by atoms with Crippen LogP contribution in [0.2, 0.25) is 0 Å². The van der Waals surface area contributed by atoms with Crippen molar-refractivity contribution >= 4 is 0 Å². The van der Waals surface area contributed by atoms with Crippen molar-refractivity contribution < 1.29 is 0 Å². The Balaban J connectivity index is 1.23. The van der Waals surface area contributed by atoms with E-state index < -0.39 is 0 Å². The molecule has 0 bridgehead atoms. The lowest BCUT2D eigenvalue weighted by Crippen LogP contribution is -2.60. The van der Waals surface area contributed by atoms with Crippen LogP contribution in [0.25, 0.3) is 0 Å². The molecule has 1 saturated carbocycles. The zero-order valence-corrected chi connectivity index (χ0v) is 13.4. The lowest BCUT2D eigenvalue weighted by atomic mass is 9.60. The highest BCUT2D eigenvalue weighted by molar-refractivity contribution is 5.01. The summed E-state index contributed by atoms with van der Waals surface area (Å²) in [7, 11) is 0. The lowest BCUT2D eigenvalue weighted by molar-refractivity contribution is -0.0439. The SMILES string of the molecule is C1CC(N2CCN(C3CC4(CCNCC4)C3)CC2)CCN1. The van der Waals surface area contributed by atoms with Crippen molar-refractivity contribution in [2.75, 3.05) is 52.4 Å². The molecule has 2 N–H and O–H groups in total. The fraction of sp³-hybridized carbons (Fsp3) is 1.00. The summed E-state index contributed by atoms with van der Waals surface area (Å²) >= 11 is 0. The minimum atomic E-state index is 0.738. The van der Waals surface area contributed by atoms with Crippen molar-refractivity contribution in [1.29, 1.82) is 0 Å². The van der Waals surface area contributed by atoms with Crippen molar-refractivity contribution in [2.24, 2.45) is 5.41 Å². The van der Waals surface area contributed by atoms with Crippen molar-refractivity contribution in [3.8, 4) is 0 Å². The van der Waals surface area contributed by atoms with E-state index in [0.29, 0.717) is 0 Å². The third kappa shape index (κ3) is 3.00. The molecule has 4 heteroatoms.